The van der Waals surface area contributed by atoms with Gasteiger partial charge in [0.1, 0.15) is 11.3 Å². The van der Waals surface area contributed by atoms with E-state index in [1.165, 1.54) is 21.9 Å². The average Bonchev–Trinajstić information content (AvgIpc) is 3.73. The van der Waals surface area contributed by atoms with Gasteiger partial charge >= 0.3 is 0 Å². The van der Waals surface area contributed by atoms with Crippen LogP contribution in [0.25, 0.3) is 22.6 Å². The van der Waals surface area contributed by atoms with Crippen LogP contribution in [0.2, 0.25) is 5.02 Å². The lowest BCUT2D eigenvalue weighted by Gasteiger charge is -2.49. The molecular weight excluding hydrogens is 654 g/mol. The topological polar surface area (TPSA) is 121 Å². The summed E-state index contributed by atoms with van der Waals surface area (Å²) >= 11 is 6.79. The Labute approximate surface area is 291 Å². The first-order valence-electron chi connectivity index (χ1n) is 16.6. The van der Waals surface area contributed by atoms with E-state index in [1.54, 1.807) is 54.6 Å². The van der Waals surface area contributed by atoms with Gasteiger partial charge in [0.05, 0.1) is 34.5 Å². The van der Waals surface area contributed by atoms with Crippen molar-refractivity contribution < 1.29 is 28.7 Å². The number of nitrogens with zero attached hydrogens (tertiary/aromatic N) is 3. The fraction of sp³-hybridized carbons (Fsp3) is 0.225. The molecule has 0 spiro atoms. The number of carbonyl (C=O) groups is 4. The Morgan fingerprint density at radius 2 is 1.54 bits per heavy atom. The minimum absolute atomic E-state index is 0.0282. The van der Waals surface area contributed by atoms with Crippen molar-refractivity contribution in [3.63, 3.8) is 0 Å². The van der Waals surface area contributed by atoms with Crippen molar-refractivity contribution in [3.8, 4) is 17.2 Å². The van der Waals surface area contributed by atoms with Crippen LogP contribution in [0.4, 0.5) is 11.4 Å². The lowest BCUT2D eigenvalue weighted by molar-refractivity contribution is -0.131. The number of halogens is 1. The second-order valence-corrected chi connectivity index (χ2v) is 14.2. The molecule has 50 heavy (non-hydrogen) atoms. The maximum Gasteiger partial charge on any atom is 0.241 e. The number of para-hydroxylation sites is 3. The Balaban J connectivity index is 1.10. The molecule has 9 rings (SSSR count). The zero-order chi connectivity index (χ0) is 34.5. The summed E-state index contributed by atoms with van der Waals surface area (Å²) in [6.45, 7) is 1.81. The van der Waals surface area contributed by atoms with Gasteiger partial charge in [-0.2, -0.15) is 0 Å². The second kappa shape index (κ2) is 11.0. The number of rotatable bonds is 4. The van der Waals surface area contributed by atoms with Gasteiger partial charge < -0.3 is 9.52 Å². The molecule has 0 radical (unpaired) electrons. The molecule has 1 N–H and O–H groups in total. The van der Waals surface area contributed by atoms with Gasteiger partial charge in [-0.05, 0) is 91.9 Å². The highest BCUT2D eigenvalue weighted by Gasteiger charge is 2.67. The van der Waals surface area contributed by atoms with E-state index >= 15 is 0 Å². The summed E-state index contributed by atoms with van der Waals surface area (Å²) in [6, 6.07) is 27.9. The standard InChI is InChI=1S/C40H30ClN3O6/c1-40-29(37(47)44(39(40)49)22-7-3-2-4-8-22)20-28-25(34(40)26-16-15-24(45)19-30(26)41)17-18-27-33(28)38(48)43(36(27)46)23-13-11-21(12-14-23)35-42-31-9-5-6-10-32(31)50-35/h2-17,19,27-29,33-34,45H,18,20H2,1H3/t27-,28+,29-,33-,34+,40+/m0/s1. The molecule has 248 valence electrons. The molecule has 4 aromatic carbocycles. The van der Waals surface area contributed by atoms with Crippen LogP contribution in [0.15, 0.2) is 113 Å². The van der Waals surface area contributed by atoms with Gasteiger partial charge in [-0.1, -0.05) is 59.6 Å². The number of aromatic hydroxyl groups is 1. The maximum absolute atomic E-state index is 14.5. The van der Waals surface area contributed by atoms with Gasteiger partial charge in [0.15, 0.2) is 5.58 Å². The Hall–Kier alpha value is -5.54. The first-order valence-corrected chi connectivity index (χ1v) is 17.0. The Morgan fingerprint density at radius 1 is 0.820 bits per heavy atom. The summed E-state index contributed by atoms with van der Waals surface area (Å²) in [7, 11) is 0. The molecule has 4 aliphatic rings. The third-order valence-corrected chi connectivity index (χ3v) is 11.6. The van der Waals surface area contributed by atoms with Crippen LogP contribution < -0.4 is 9.80 Å². The van der Waals surface area contributed by atoms with Crippen molar-refractivity contribution in [2.75, 3.05) is 9.80 Å². The van der Waals surface area contributed by atoms with Crippen LogP contribution in [0.5, 0.6) is 5.75 Å². The summed E-state index contributed by atoms with van der Waals surface area (Å²) < 4.78 is 5.91. The number of phenols is 1. The van der Waals surface area contributed by atoms with Crippen molar-refractivity contribution in [2.45, 2.75) is 25.7 Å². The summed E-state index contributed by atoms with van der Waals surface area (Å²) in [5.41, 5.74) is 3.20. The van der Waals surface area contributed by atoms with Crippen LogP contribution in [0, 0.1) is 29.1 Å². The first-order chi connectivity index (χ1) is 24.2. The van der Waals surface area contributed by atoms with Crippen molar-refractivity contribution in [2.24, 2.45) is 29.1 Å². The number of allylic oxidation sites excluding steroid dienone is 2. The smallest absolute Gasteiger partial charge is 0.241 e. The molecule has 3 fully saturated rings. The maximum atomic E-state index is 14.5. The summed E-state index contributed by atoms with van der Waals surface area (Å²) in [6.07, 6.45) is 2.51. The highest BCUT2D eigenvalue weighted by atomic mass is 35.5. The fourth-order valence-corrected chi connectivity index (χ4v) is 9.22. The van der Waals surface area contributed by atoms with E-state index in [9.17, 15) is 24.3 Å². The number of aromatic nitrogens is 1. The van der Waals surface area contributed by atoms with E-state index in [0.29, 0.717) is 40.4 Å². The molecule has 6 atom stereocenters. The van der Waals surface area contributed by atoms with Gasteiger partial charge in [0, 0.05) is 16.5 Å². The molecule has 0 unspecified atom stereocenters. The summed E-state index contributed by atoms with van der Waals surface area (Å²) in [5, 5.41) is 10.5. The summed E-state index contributed by atoms with van der Waals surface area (Å²) in [4.78, 5) is 64.4. The second-order valence-electron chi connectivity index (χ2n) is 13.7. The summed E-state index contributed by atoms with van der Waals surface area (Å²) in [5.74, 6) is -4.19. The molecule has 2 aliphatic heterocycles. The normalized spacial score (nSPS) is 27.4. The first kappa shape index (κ1) is 30.5. The number of imide groups is 2. The SMILES string of the molecule is C[C@@]12C(=O)N(c3ccccc3)C(=O)[C@@H]1C[C@@H]1C(=CC[C@@H]3C(=O)N(c4ccc(-c5nc6ccccc6o5)cc4)C(=O)[C@@H]31)[C@@H]2c1ccc(O)cc1Cl. The number of carbonyl (C=O) groups excluding carboxylic acids is 4. The van der Waals surface area contributed by atoms with E-state index in [1.807, 2.05) is 43.3 Å². The number of fused-ring (bicyclic) bond motifs is 5. The van der Waals surface area contributed by atoms with Crippen molar-refractivity contribution >= 4 is 57.7 Å². The molecule has 3 heterocycles. The number of hydrogen-bond acceptors (Lipinski definition) is 7. The number of oxazole rings is 1. The number of amides is 4. The predicted molar refractivity (Wildman–Crippen MR) is 186 cm³/mol. The van der Waals surface area contributed by atoms with Gasteiger partial charge in [-0.15, -0.1) is 0 Å². The van der Waals surface area contributed by atoms with Gasteiger partial charge in [0.2, 0.25) is 29.5 Å². The number of phenolic OH excluding ortho intramolecular Hbond substituents is 1. The van der Waals surface area contributed by atoms with E-state index in [0.717, 1.165) is 11.1 Å². The van der Waals surface area contributed by atoms with Crippen LogP contribution in [0.3, 0.4) is 0 Å². The number of anilines is 2. The van der Waals surface area contributed by atoms with Crippen LogP contribution >= 0.6 is 11.6 Å². The molecule has 1 aromatic heterocycles. The lowest BCUT2D eigenvalue weighted by Crippen LogP contribution is -2.49. The van der Waals surface area contributed by atoms with Crippen molar-refractivity contribution in [1.82, 2.24) is 4.98 Å². The van der Waals surface area contributed by atoms with Crippen LogP contribution in [0.1, 0.15) is 31.2 Å². The largest absolute Gasteiger partial charge is 0.508 e. The molecular formula is C40H30ClN3O6. The monoisotopic (exact) mass is 683 g/mol. The van der Waals surface area contributed by atoms with Crippen LogP contribution in [-0.4, -0.2) is 33.7 Å². The van der Waals surface area contributed by atoms with Crippen molar-refractivity contribution in [1.29, 1.82) is 0 Å². The lowest BCUT2D eigenvalue weighted by atomic mass is 9.51. The Bertz CT molecular complexity index is 2270. The molecule has 1 saturated carbocycles. The number of benzene rings is 4. The van der Waals surface area contributed by atoms with Crippen molar-refractivity contribution in [3.05, 3.63) is 119 Å². The van der Waals surface area contributed by atoms with Crippen LogP contribution in [-0.2, 0) is 19.2 Å². The number of hydrogen-bond donors (Lipinski definition) is 1. The molecule has 4 amide bonds. The van der Waals surface area contributed by atoms with E-state index in [-0.39, 0.29) is 40.8 Å². The zero-order valence-corrected chi connectivity index (χ0v) is 27.6. The van der Waals surface area contributed by atoms with E-state index < -0.39 is 35.0 Å². The zero-order valence-electron chi connectivity index (χ0n) is 26.8. The molecule has 2 aliphatic carbocycles. The molecule has 2 saturated heterocycles. The van der Waals surface area contributed by atoms with Gasteiger partial charge in [0.25, 0.3) is 0 Å². The molecule has 5 aromatic rings. The van der Waals surface area contributed by atoms with Gasteiger partial charge in [-0.25, -0.2) is 9.88 Å². The quantitative estimate of drug-likeness (QED) is 0.156. The van der Waals surface area contributed by atoms with E-state index in [2.05, 4.69) is 4.98 Å². The van der Waals surface area contributed by atoms with E-state index in [4.69, 9.17) is 16.0 Å². The average molecular weight is 684 g/mol. The minimum atomic E-state index is -1.23. The minimum Gasteiger partial charge on any atom is -0.508 e. The fourth-order valence-electron chi connectivity index (χ4n) is 8.94. The highest BCUT2D eigenvalue weighted by molar-refractivity contribution is 6.32. The Kier molecular flexibility index (Phi) is 6.70. The highest BCUT2D eigenvalue weighted by Crippen LogP contribution is 2.64. The Morgan fingerprint density at radius 3 is 2.28 bits per heavy atom. The third kappa shape index (κ3) is 4.22. The predicted octanol–water partition coefficient (Wildman–Crippen LogP) is 7.29. The third-order valence-electron chi connectivity index (χ3n) is 11.3. The molecule has 0 bridgehead atoms. The van der Waals surface area contributed by atoms with Gasteiger partial charge in [-0.3, -0.25) is 24.1 Å². The molecule has 10 heteroatoms. The molecule has 9 nitrogen and oxygen atoms in total.